The highest BCUT2D eigenvalue weighted by molar-refractivity contribution is 5.92. The summed E-state index contributed by atoms with van der Waals surface area (Å²) in [5, 5.41) is 14.2. The number of hydrogen-bond donors (Lipinski definition) is 1. The van der Waals surface area contributed by atoms with Crippen LogP contribution in [-0.4, -0.2) is 44.9 Å². The molecule has 1 N–H and O–H groups in total. The molecule has 21 heavy (non-hydrogen) atoms. The molecule has 2 heterocycles. The predicted molar refractivity (Wildman–Crippen MR) is 80.0 cm³/mol. The van der Waals surface area contributed by atoms with E-state index in [0.29, 0.717) is 18.3 Å². The Balaban J connectivity index is 1.67. The van der Waals surface area contributed by atoms with Gasteiger partial charge in [0.05, 0.1) is 12.1 Å². The van der Waals surface area contributed by atoms with Gasteiger partial charge in [-0.25, -0.2) is 0 Å². The first-order valence-electron chi connectivity index (χ1n) is 8.17. The van der Waals surface area contributed by atoms with Crippen LogP contribution in [0.4, 0.5) is 0 Å². The molecule has 0 spiro atoms. The van der Waals surface area contributed by atoms with Crippen LogP contribution >= 0.6 is 0 Å². The first-order valence-corrected chi connectivity index (χ1v) is 8.17. The molecule has 2 atom stereocenters. The summed E-state index contributed by atoms with van der Waals surface area (Å²) in [4.78, 5) is 14.4. The fourth-order valence-corrected chi connectivity index (χ4v) is 3.57. The number of aliphatic hydroxyl groups excluding tert-OH is 1. The van der Waals surface area contributed by atoms with Crippen molar-refractivity contribution in [2.75, 3.05) is 13.1 Å². The van der Waals surface area contributed by atoms with E-state index in [1.807, 2.05) is 28.8 Å². The van der Waals surface area contributed by atoms with E-state index in [2.05, 4.69) is 5.10 Å². The Morgan fingerprint density at radius 2 is 2.10 bits per heavy atom. The quantitative estimate of drug-likeness (QED) is 0.929. The monoisotopic (exact) mass is 291 g/mol. The lowest BCUT2D eigenvalue weighted by molar-refractivity contribution is 0.0461. The molecule has 5 nitrogen and oxygen atoms in total. The summed E-state index contributed by atoms with van der Waals surface area (Å²) in [5.41, 5.74) is 0.549. The number of rotatable bonds is 3. The lowest BCUT2D eigenvalue weighted by atomic mass is 9.93. The Hall–Kier alpha value is -1.36. The largest absolute Gasteiger partial charge is 0.393 e. The number of aromatic nitrogens is 2. The van der Waals surface area contributed by atoms with Crippen molar-refractivity contribution in [2.24, 2.45) is 5.92 Å². The summed E-state index contributed by atoms with van der Waals surface area (Å²) in [6, 6.07) is 2.31. The maximum atomic E-state index is 12.6. The van der Waals surface area contributed by atoms with Gasteiger partial charge in [-0.2, -0.15) is 5.10 Å². The van der Waals surface area contributed by atoms with Gasteiger partial charge in [-0.05, 0) is 38.7 Å². The number of amides is 1. The standard InChI is InChI=1S/C16H25N3O2/c1-12(20)13-5-4-9-18(11-13)16(21)15-8-10-19(17-15)14-6-2-3-7-14/h8,10,12-14,20H,2-7,9,11H2,1H3. The second-order valence-corrected chi connectivity index (χ2v) is 6.51. The van der Waals surface area contributed by atoms with E-state index < -0.39 is 0 Å². The van der Waals surface area contributed by atoms with Crippen LogP contribution in [0, 0.1) is 5.92 Å². The molecule has 1 aromatic rings. The summed E-state index contributed by atoms with van der Waals surface area (Å²) < 4.78 is 1.97. The summed E-state index contributed by atoms with van der Waals surface area (Å²) in [5.74, 6) is 0.205. The maximum Gasteiger partial charge on any atom is 0.274 e. The van der Waals surface area contributed by atoms with Gasteiger partial charge in [0.1, 0.15) is 5.69 Å². The van der Waals surface area contributed by atoms with E-state index in [9.17, 15) is 9.90 Å². The van der Waals surface area contributed by atoms with Crippen LogP contribution in [0.5, 0.6) is 0 Å². The van der Waals surface area contributed by atoms with E-state index in [-0.39, 0.29) is 17.9 Å². The van der Waals surface area contributed by atoms with Crippen LogP contribution in [0.2, 0.25) is 0 Å². The number of likely N-dealkylation sites (tertiary alicyclic amines) is 1. The molecule has 0 aromatic carbocycles. The minimum atomic E-state index is -0.350. The fourth-order valence-electron chi connectivity index (χ4n) is 3.57. The molecule has 116 valence electrons. The van der Waals surface area contributed by atoms with Crippen LogP contribution in [0.1, 0.15) is 62.0 Å². The molecule has 1 aromatic heterocycles. The summed E-state index contributed by atoms with van der Waals surface area (Å²) >= 11 is 0. The van der Waals surface area contributed by atoms with Crippen LogP contribution in [0.15, 0.2) is 12.3 Å². The Kier molecular flexibility index (Phi) is 4.29. The Morgan fingerprint density at radius 3 is 2.81 bits per heavy atom. The zero-order valence-electron chi connectivity index (χ0n) is 12.7. The van der Waals surface area contributed by atoms with Crippen LogP contribution in [0.25, 0.3) is 0 Å². The summed E-state index contributed by atoms with van der Waals surface area (Å²) in [6.45, 7) is 3.23. The molecule has 1 saturated carbocycles. The highest BCUT2D eigenvalue weighted by Gasteiger charge is 2.28. The normalized spacial score (nSPS) is 25.2. The van der Waals surface area contributed by atoms with E-state index in [1.54, 1.807) is 0 Å². The third-order valence-electron chi connectivity index (χ3n) is 4.95. The molecule has 1 aliphatic heterocycles. The lowest BCUT2D eigenvalue weighted by Crippen LogP contribution is -2.43. The highest BCUT2D eigenvalue weighted by Crippen LogP contribution is 2.29. The number of hydrogen-bond acceptors (Lipinski definition) is 3. The molecule has 3 rings (SSSR count). The maximum absolute atomic E-state index is 12.6. The van der Waals surface area contributed by atoms with Gasteiger partial charge in [0.25, 0.3) is 5.91 Å². The predicted octanol–water partition coefficient (Wildman–Crippen LogP) is 2.23. The second kappa shape index (κ2) is 6.18. The minimum Gasteiger partial charge on any atom is -0.393 e. The van der Waals surface area contributed by atoms with Crippen molar-refractivity contribution in [3.8, 4) is 0 Å². The van der Waals surface area contributed by atoms with Gasteiger partial charge < -0.3 is 10.0 Å². The SMILES string of the molecule is CC(O)C1CCCN(C(=O)c2ccn(C3CCCC3)n2)C1. The Labute approximate surface area is 125 Å². The molecule has 0 bridgehead atoms. The molecule has 1 amide bonds. The van der Waals surface area contributed by atoms with Crippen LogP contribution in [-0.2, 0) is 0 Å². The molecular weight excluding hydrogens is 266 g/mol. The van der Waals surface area contributed by atoms with Crippen molar-refractivity contribution < 1.29 is 9.90 Å². The molecule has 0 radical (unpaired) electrons. The van der Waals surface area contributed by atoms with Crippen molar-refractivity contribution in [1.82, 2.24) is 14.7 Å². The number of aliphatic hydroxyl groups is 1. The van der Waals surface area contributed by atoms with E-state index in [1.165, 1.54) is 25.7 Å². The molecular formula is C16H25N3O2. The number of carbonyl (C=O) groups excluding carboxylic acids is 1. The van der Waals surface area contributed by atoms with Gasteiger partial charge in [0.15, 0.2) is 0 Å². The third-order valence-corrected chi connectivity index (χ3v) is 4.95. The smallest absolute Gasteiger partial charge is 0.274 e. The van der Waals surface area contributed by atoms with Crippen molar-refractivity contribution in [3.63, 3.8) is 0 Å². The number of carbonyl (C=O) groups is 1. The number of nitrogens with zero attached hydrogens (tertiary/aromatic N) is 3. The van der Waals surface area contributed by atoms with Gasteiger partial charge in [-0.1, -0.05) is 12.8 Å². The molecule has 2 aliphatic rings. The van der Waals surface area contributed by atoms with Crippen molar-refractivity contribution in [2.45, 2.75) is 57.6 Å². The van der Waals surface area contributed by atoms with Gasteiger partial charge in [-0.3, -0.25) is 9.48 Å². The number of piperidine rings is 1. The summed E-state index contributed by atoms with van der Waals surface area (Å²) in [7, 11) is 0. The van der Waals surface area contributed by atoms with Gasteiger partial charge in [0, 0.05) is 25.2 Å². The highest BCUT2D eigenvalue weighted by atomic mass is 16.3. The van der Waals surface area contributed by atoms with E-state index in [0.717, 1.165) is 19.4 Å². The van der Waals surface area contributed by atoms with Crippen LogP contribution < -0.4 is 0 Å². The Bertz CT molecular complexity index is 491. The van der Waals surface area contributed by atoms with Gasteiger partial charge >= 0.3 is 0 Å². The molecule has 1 aliphatic carbocycles. The zero-order valence-corrected chi connectivity index (χ0v) is 12.7. The molecule has 1 saturated heterocycles. The minimum absolute atomic E-state index is 0.0112. The topological polar surface area (TPSA) is 58.4 Å². The van der Waals surface area contributed by atoms with E-state index in [4.69, 9.17) is 0 Å². The van der Waals surface area contributed by atoms with Crippen LogP contribution in [0.3, 0.4) is 0 Å². The van der Waals surface area contributed by atoms with E-state index >= 15 is 0 Å². The molecule has 2 unspecified atom stereocenters. The third kappa shape index (κ3) is 3.12. The second-order valence-electron chi connectivity index (χ2n) is 6.51. The Morgan fingerprint density at radius 1 is 1.33 bits per heavy atom. The van der Waals surface area contributed by atoms with Crippen molar-refractivity contribution in [3.05, 3.63) is 18.0 Å². The van der Waals surface area contributed by atoms with Gasteiger partial charge in [-0.15, -0.1) is 0 Å². The summed E-state index contributed by atoms with van der Waals surface area (Å²) in [6.07, 6.45) is 8.41. The first kappa shape index (κ1) is 14.6. The van der Waals surface area contributed by atoms with Crippen molar-refractivity contribution in [1.29, 1.82) is 0 Å². The average molecular weight is 291 g/mol. The molecule has 2 fully saturated rings. The lowest BCUT2D eigenvalue weighted by Gasteiger charge is -2.33. The van der Waals surface area contributed by atoms with Gasteiger partial charge in [0.2, 0.25) is 0 Å². The first-order chi connectivity index (χ1) is 10.1. The van der Waals surface area contributed by atoms with Crippen molar-refractivity contribution >= 4 is 5.91 Å². The molecule has 5 heteroatoms. The average Bonchev–Trinajstić information content (AvgIpc) is 3.17. The zero-order chi connectivity index (χ0) is 14.8. The fraction of sp³-hybridized carbons (Fsp3) is 0.750.